The molecule has 3 aromatic heterocycles. The lowest BCUT2D eigenvalue weighted by Crippen LogP contribution is -2.24. The van der Waals surface area contributed by atoms with Crippen LogP contribution >= 0.6 is 0 Å². The van der Waals surface area contributed by atoms with E-state index in [1.165, 1.54) is 0 Å². The summed E-state index contributed by atoms with van der Waals surface area (Å²) in [5, 5.41) is 11.9. The van der Waals surface area contributed by atoms with Gasteiger partial charge in [-0.15, -0.1) is 10.2 Å². The number of nitrogens with zero attached hydrogens (tertiary/aromatic N) is 7. The topological polar surface area (TPSA) is 92.1 Å². The van der Waals surface area contributed by atoms with Crippen molar-refractivity contribution in [3.8, 4) is 11.5 Å². The molecule has 0 radical (unpaired) electrons. The van der Waals surface area contributed by atoms with Crippen LogP contribution in [0.15, 0.2) is 24.3 Å². The van der Waals surface area contributed by atoms with Crippen molar-refractivity contribution in [3.63, 3.8) is 0 Å². The van der Waals surface area contributed by atoms with Crippen LogP contribution in [-0.4, -0.2) is 51.8 Å². The Morgan fingerprint density at radius 1 is 1.23 bits per heavy atom. The summed E-state index contributed by atoms with van der Waals surface area (Å²) in [5.41, 5.74) is 3.26. The van der Waals surface area contributed by atoms with Crippen molar-refractivity contribution in [2.24, 2.45) is 0 Å². The molecule has 2 aliphatic rings. The number of anilines is 2. The fourth-order valence-corrected chi connectivity index (χ4v) is 4.38. The molecule has 0 bridgehead atoms. The van der Waals surface area contributed by atoms with Gasteiger partial charge in [0, 0.05) is 38.7 Å². The summed E-state index contributed by atoms with van der Waals surface area (Å²) in [5.74, 6) is 3.09. The first-order chi connectivity index (χ1) is 15.0. The maximum absolute atomic E-state index is 13.4. The van der Waals surface area contributed by atoms with E-state index in [9.17, 15) is 4.79 Å². The number of aromatic nitrogens is 5. The minimum absolute atomic E-state index is 0.0534. The third-order valence-electron chi connectivity index (χ3n) is 6.02. The molecule has 5 heterocycles. The number of rotatable bonds is 5. The van der Waals surface area contributed by atoms with Gasteiger partial charge in [-0.25, -0.2) is 9.97 Å². The highest BCUT2D eigenvalue weighted by atomic mass is 16.2. The Kier molecular flexibility index (Phi) is 4.70. The predicted octanol–water partition coefficient (Wildman–Crippen LogP) is 2.19. The van der Waals surface area contributed by atoms with Crippen molar-refractivity contribution in [2.75, 3.05) is 30.9 Å². The lowest BCUT2D eigenvalue weighted by molar-refractivity contribution is 0.0996. The van der Waals surface area contributed by atoms with Gasteiger partial charge < -0.3 is 14.8 Å². The number of pyridine rings is 2. The third-order valence-corrected chi connectivity index (χ3v) is 6.02. The van der Waals surface area contributed by atoms with Gasteiger partial charge in [0.05, 0.1) is 17.8 Å². The Morgan fingerprint density at radius 3 is 2.84 bits per heavy atom. The molecule has 0 spiro atoms. The van der Waals surface area contributed by atoms with Crippen LogP contribution in [0.4, 0.5) is 11.6 Å². The Hall–Kier alpha value is -3.33. The Balaban J connectivity index is 1.53. The number of amides is 1. The van der Waals surface area contributed by atoms with Crippen molar-refractivity contribution < 1.29 is 4.79 Å². The zero-order valence-corrected chi connectivity index (χ0v) is 18.3. The summed E-state index contributed by atoms with van der Waals surface area (Å²) in [6.07, 6.45) is 2.00. The summed E-state index contributed by atoms with van der Waals surface area (Å²) < 4.78 is 2.16. The van der Waals surface area contributed by atoms with Crippen LogP contribution in [0.2, 0.25) is 0 Å². The van der Waals surface area contributed by atoms with E-state index in [0.29, 0.717) is 30.5 Å². The maximum atomic E-state index is 13.4. The van der Waals surface area contributed by atoms with Crippen LogP contribution in [0.5, 0.6) is 0 Å². The summed E-state index contributed by atoms with van der Waals surface area (Å²) in [4.78, 5) is 26.5. The van der Waals surface area contributed by atoms with E-state index in [4.69, 9.17) is 9.97 Å². The lowest BCUT2D eigenvalue weighted by atomic mass is 10.1. The van der Waals surface area contributed by atoms with E-state index in [0.717, 1.165) is 47.3 Å². The molecule has 9 nitrogen and oxygen atoms in total. The first-order valence-electron chi connectivity index (χ1n) is 10.6. The monoisotopic (exact) mass is 418 g/mol. The molecule has 0 saturated heterocycles. The first kappa shape index (κ1) is 19.6. The fraction of sp³-hybridized carbons (Fsp3) is 0.409. The van der Waals surface area contributed by atoms with Gasteiger partial charge in [-0.05, 0) is 38.6 Å². The molecule has 0 aromatic carbocycles. The smallest absolute Gasteiger partial charge is 0.260 e. The summed E-state index contributed by atoms with van der Waals surface area (Å²) >= 11 is 0. The molecule has 0 aliphatic carbocycles. The molecule has 9 heteroatoms. The van der Waals surface area contributed by atoms with Gasteiger partial charge >= 0.3 is 0 Å². The maximum Gasteiger partial charge on any atom is 0.260 e. The van der Waals surface area contributed by atoms with Crippen molar-refractivity contribution in [2.45, 2.75) is 38.9 Å². The van der Waals surface area contributed by atoms with Gasteiger partial charge in [-0.3, -0.25) is 9.69 Å². The number of carbonyl (C=O) groups excluding carboxylic acids is 1. The van der Waals surface area contributed by atoms with Crippen molar-refractivity contribution >= 4 is 17.5 Å². The second-order valence-corrected chi connectivity index (χ2v) is 8.35. The summed E-state index contributed by atoms with van der Waals surface area (Å²) in [6, 6.07) is 7.94. The number of hydrogen-bond acceptors (Lipinski definition) is 7. The van der Waals surface area contributed by atoms with Gasteiger partial charge in [-0.1, -0.05) is 6.07 Å². The molecule has 1 amide bonds. The SMILES string of the molecule is CNCc1nc(N(C)C)cc2c1CN(c1cccc(-c3nnc4n3[C@@H](C)CC4)n1)C2=O. The zero-order chi connectivity index (χ0) is 21.7. The number of fused-ring (bicyclic) bond motifs is 2. The van der Waals surface area contributed by atoms with E-state index in [1.807, 2.05) is 50.3 Å². The van der Waals surface area contributed by atoms with Crippen molar-refractivity contribution in [3.05, 3.63) is 46.9 Å². The second-order valence-electron chi connectivity index (χ2n) is 8.35. The molecule has 0 fully saturated rings. The normalized spacial score (nSPS) is 17.2. The van der Waals surface area contributed by atoms with Crippen LogP contribution < -0.4 is 15.1 Å². The van der Waals surface area contributed by atoms with Crippen molar-refractivity contribution in [1.29, 1.82) is 0 Å². The Labute approximate surface area is 181 Å². The molecule has 160 valence electrons. The Morgan fingerprint density at radius 2 is 2.06 bits per heavy atom. The average Bonchev–Trinajstić information content (AvgIpc) is 3.44. The van der Waals surface area contributed by atoms with E-state index in [2.05, 4.69) is 27.0 Å². The largest absolute Gasteiger partial charge is 0.363 e. The van der Waals surface area contributed by atoms with Gasteiger partial charge in [0.25, 0.3) is 5.91 Å². The summed E-state index contributed by atoms with van der Waals surface area (Å²) in [7, 11) is 5.74. The van der Waals surface area contributed by atoms with E-state index >= 15 is 0 Å². The highest BCUT2D eigenvalue weighted by molar-refractivity contribution is 6.10. The number of aryl methyl sites for hydroxylation is 1. The molecule has 3 aromatic rings. The molecule has 0 saturated carbocycles. The van der Waals surface area contributed by atoms with Gasteiger partial charge in [-0.2, -0.15) is 0 Å². The number of nitrogens with one attached hydrogen (secondary N) is 1. The highest BCUT2D eigenvalue weighted by Gasteiger charge is 2.33. The standard InChI is InChI=1S/C22H26N8O/c1-13-8-9-19-26-27-21(30(13)19)16-6-5-7-18(24-16)29-12-15-14(22(29)31)10-20(28(3)4)25-17(15)11-23-2/h5-7,10,13,23H,8-9,11-12H2,1-4H3/t13-/m0/s1. The van der Waals surface area contributed by atoms with E-state index in [-0.39, 0.29) is 5.91 Å². The van der Waals surface area contributed by atoms with Gasteiger partial charge in [0.15, 0.2) is 5.82 Å². The minimum atomic E-state index is -0.0534. The van der Waals surface area contributed by atoms with Gasteiger partial charge in [0.2, 0.25) is 0 Å². The zero-order valence-electron chi connectivity index (χ0n) is 18.3. The first-order valence-corrected chi connectivity index (χ1v) is 10.6. The quantitative estimate of drug-likeness (QED) is 0.679. The van der Waals surface area contributed by atoms with Crippen LogP contribution in [0, 0.1) is 0 Å². The molecule has 0 unspecified atom stereocenters. The molecule has 1 N–H and O–H groups in total. The van der Waals surface area contributed by atoms with Crippen molar-refractivity contribution in [1.82, 2.24) is 30.0 Å². The third kappa shape index (κ3) is 3.16. The molecular formula is C22H26N8O. The van der Waals surface area contributed by atoms with E-state index in [1.54, 1.807) is 4.90 Å². The fourth-order valence-electron chi connectivity index (χ4n) is 4.38. The molecule has 5 rings (SSSR count). The lowest BCUT2D eigenvalue weighted by Gasteiger charge is -2.16. The number of carbonyl (C=O) groups is 1. The molecule has 31 heavy (non-hydrogen) atoms. The van der Waals surface area contributed by atoms with Crippen LogP contribution in [0.25, 0.3) is 11.5 Å². The Bertz CT molecular complexity index is 1170. The second kappa shape index (κ2) is 7.42. The number of hydrogen-bond donors (Lipinski definition) is 1. The van der Waals surface area contributed by atoms with Crippen LogP contribution in [0.1, 0.15) is 46.8 Å². The molecule has 2 aliphatic heterocycles. The minimum Gasteiger partial charge on any atom is -0.363 e. The highest BCUT2D eigenvalue weighted by Crippen LogP contribution is 2.33. The van der Waals surface area contributed by atoms with Crippen LogP contribution in [0.3, 0.4) is 0 Å². The molecular weight excluding hydrogens is 392 g/mol. The van der Waals surface area contributed by atoms with Crippen LogP contribution in [-0.2, 0) is 19.5 Å². The van der Waals surface area contributed by atoms with E-state index < -0.39 is 0 Å². The summed E-state index contributed by atoms with van der Waals surface area (Å²) in [6.45, 7) is 3.23. The molecule has 1 atom stereocenters. The average molecular weight is 419 g/mol. The van der Waals surface area contributed by atoms with Gasteiger partial charge in [0.1, 0.15) is 23.2 Å². The predicted molar refractivity (Wildman–Crippen MR) is 118 cm³/mol.